The number of hydrogen-bond donors (Lipinski definition) is 0. The van der Waals surface area contributed by atoms with Crippen molar-refractivity contribution in [3.05, 3.63) is 64.7 Å². The smallest absolute Gasteiger partial charge is 0.191 e. The molecule has 0 bridgehead atoms. The molecule has 0 aliphatic heterocycles. The van der Waals surface area contributed by atoms with Crippen molar-refractivity contribution in [1.29, 1.82) is 0 Å². The summed E-state index contributed by atoms with van der Waals surface area (Å²) in [5, 5.41) is 9.42. The number of hydrogen-bond acceptors (Lipinski definition) is 3. The van der Waals surface area contributed by atoms with Crippen molar-refractivity contribution in [2.24, 2.45) is 0 Å². The molecule has 24 heavy (non-hydrogen) atoms. The maximum atomic E-state index is 13.9. The quantitative estimate of drug-likeness (QED) is 0.583. The number of benzene rings is 2. The Kier molecular flexibility index (Phi) is 5.16. The lowest BCUT2D eigenvalue weighted by Gasteiger charge is -2.08. The number of halogens is 3. The van der Waals surface area contributed by atoms with Gasteiger partial charge in [0.15, 0.2) is 11.0 Å². The summed E-state index contributed by atoms with van der Waals surface area (Å²) < 4.78 is 28.9. The van der Waals surface area contributed by atoms with Crippen LogP contribution >= 0.6 is 23.4 Å². The Morgan fingerprint density at radius 1 is 1.08 bits per heavy atom. The van der Waals surface area contributed by atoms with Gasteiger partial charge in [0.1, 0.15) is 11.6 Å². The van der Waals surface area contributed by atoms with Gasteiger partial charge in [-0.1, -0.05) is 29.4 Å². The molecule has 0 radical (unpaired) electrons. The second-order valence-electron chi connectivity index (χ2n) is 5.05. The van der Waals surface area contributed by atoms with Crippen LogP contribution in [-0.4, -0.2) is 14.8 Å². The maximum absolute atomic E-state index is 13.9. The Hall–Kier alpha value is -1.92. The van der Waals surface area contributed by atoms with E-state index in [4.69, 9.17) is 11.6 Å². The number of thioether (sulfide) groups is 1. The van der Waals surface area contributed by atoms with E-state index in [9.17, 15) is 8.78 Å². The molecule has 0 unspecified atom stereocenters. The maximum Gasteiger partial charge on any atom is 0.191 e. The van der Waals surface area contributed by atoms with Crippen LogP contribution in [0.3, 0.4) is 0 Å². The number of rotatable bonds is 5. The molecular formula is C17H14ClF2N3S. The molecule has 0 fully saturated rings. The van der Waals surface area contributed by atoms with E-state index in [1.54, 1.807) is 24.3 Å². The molecule has 1 aromatic heterocycles. The molecule has 0 atom stereocenters. The number of nitrogens with zero attached hydrogens (tertiary/aromatic N) is 3. The zero-order valence-electron chi connectivity index (χ0n) is 12.8. The van der Waals surface area contributed by atoms with Crippen molar-refractivity contribution in [1.82, 2.24) is 14.8 Å². The van der Waals surface area contributed by atoms with Crippen LogP contribution in [0.2, 0.25) is 5.02 Å². The standard InChI is InChI=1S/C17H14ClF2N3S/c1-2-23-16(11-6-8-12(19)9-7-11)21-22-17(23)24-10-13-14(18)4-3-5-15(13)20/h3-9H,2,10H2,1H3. The van der Waals surface area contributed by atoms with Crippen molar-refractivity contribution in [3.8, 4) is 11.4 Å². The van der Waals surface area contributed by atoms with E-state index < -0.39 is 0 Å². The summed E-state index contributed by atoms with van der Waals surface area (Å²) in [7, 11) is 0. The molecular weight excluding hydrogens is 352 g/mol. The molecule has 0 spiro atoms. The first-order valence-corrected chi connectivity index (χ1v) is 8.71. The van der Waals surface area contributed by atoms with Crippen LogP contribution in [0.4, 0.5) is 8.78 Å². The van der Waals surface area contributed by atoms with Gasteiger partial charge in [-0.25, -0.2) is 8.78 Å². The Labute approximate surface area is 147 Å². The monoisotopic (exact) mass is 365 g/mol. The largest absolute Gasteiger partial charge is 0.302 e. The summed E-state index contributed by atoms with van der Waals surface area (Å²) in [6.45, 7) is 2.61. The van der Waals surface area contributed by atoms with Gasteiger partial charge < -0.3 is 4.57 Å². The lowest BCUT2D eigenvalue weighted by atomic mass is 10.2. The first-order valence-electron chi connectivity index (χ1n) is 7.35. The topological polar surface area (TPSA) is 30.7 Å². The van der Waals surface area contributed by atoms with Gasteiger partial charge in [-0.3, -0.25) is 0 Å². The zero-order chi connectivity index (χ0) is 17.1. The molecule has 3 nitrogen and oxygen atoms in total. The molecule has 124 valence electrons. The summed E-state index contributed by atoms with van der Waals surface area (Å²) in [4.78, 5) is 0. The highest BCUT2D eigenvalue weighted by molar-refractivity contribution is 7.98. The highest BCUT2D eigenvalue weighted by Crippen LogP contribution is 2.30. The molecule has 3 rings (SSSR count). The van der Waals surface area contributed by atoms with Gasteiger partial charge in [0, 0.05) is 28.4 Å². The van der Waals surface area contributed by atoms with E-state index in [2.05, 4.69) is 10.2 Å². The second kappa shape index (κ2) is 7.32. The minimum absolute atomic E-state index is 0.301. The molecule has 1 heterocycles. The highest BCUT2D eigenvalue weighted by Gasteiger charge is 2.15. The second-order valence-corrected chi connectivity index (χ2v) is 6.40. The van der Waals surface area contributed by atoms with Crippen LogP contribution in [0.1, 0.15) is 12.5 Å². The van der Waals surface area contributed by atoms with Crippen molar-refractivity contribution >= 4 is 23.4 Å². The minimum atomic E-state index is -0.337. The third kappa shape index (κ3) is 3.44. The normalized spacial score (nSPS) is 11.0. The predicted octanol–water partition coefficient (Wildman–Crippen LogP) is 5.19. The zero-order valence-corrected chi connectivity index (χ0v) is 14.4. The van der Waals surface area contributed by atoms with E-state index in [0.717, 1.165) is 5.56 Å². The molecule has 0 aliphatic rings. The van der Waals surface area contributed by atoms with Crippen molar-refractivity contribution in [3.63, 3.8) is 0 Å². The Bertz CT molecular complexity index is 829. The summed E-state index contributed by atoms with van der Waals surface area (Å²) in [6.07, 6.45) is 0. The van der Waals surface area contributed by atoms with Gasteiger partial charge in [-0.15, -0.1) is 10.2 Å². The summed E-state index contributed by atoms with van der Waals surface area (Å²) in [6, 6.07) is 10.7. The van der Waals surface area contributed by atoms with Gasteiger partial charge in [-0.2, -0.15) is 0 Å². The fourth-order valence-electron chi connectivity index (χ4n) is 2.30. The Morgan fingerprint density at radius 2 is 1.83 bits per heavy atom. The van der Waals surface area contributed by atoms with Crippen LogP contribution in [0.25, 0.3) is 11.4 Å². The lowest BCUT2D eigenvalue weighted by Crippen LogP contribution is -2.00. The van der Waals surface area contributed by atoms with E-state index >= 15 is 0 Å². The summed E-state index contributed by atoms with van der Waals surface area (Å²) in [5.41, 5.74) is 1.22. The average Bonchev–Trinajstić information content (AvgIpc) is 2.98. The van der Waals surface area contributed by atoms with E-state index in [1.165, 1.54) is 30.0 Å². The third-order valence-corrected chi connectivity index (χ3v) is 4.89. The van der Waals surface area contributed by atoms with Crippen LogP contribution in [0.15, 0.2) is 47.6 Å². The van der Waals surface area contributed by atoms with Gasteiger partial charge in [0.2, 0.25) is 0 Å². The lowest BCUT2D eigenvalue weighted by molar-refractivity contribution is 0.617. The molecule has 3 aromatic rings. The van der Waals surface area contributed by atoms with Gasteiger partial charge in [-0.05, 0) is 43.3 Å². The predicted molar refractivity (Wildman–Crippen MR) is 92.1 cm³/mol. The molecule has 0 saturated heterocycles. The van der Waals surface area contributed by atoms with Crippen LogP contribution in [0.5, 0.6) is 0 Å². The SMILES string of the molecule is CCn1c(SCc2c(F)cccc2Cl)nnc1-c1ccc(F)cc1. The van der Waals surface area contributed by atoms with Crippen LogP contribution < -0.4 is 0 Å². The first kappa shape index (κ1) is 16.9. The van der Waals surface area contributed by atoms with Crippen LogP contribution in [0, 0.1) is 11.6 Å². The Morgan fingerprint density at radius 3 is 2.50 bits per heavy atom. The van der Waals surface area contributed by atoms with Crippen molar-refractivity contribution < 1.29 is 8.78 Å². The third-order valence-electron chi connectivity index (χ3n) is 3.54. The first-order chi connectivity index (χ1) is 11.6. The number of aromatic nitrogens is 3. The minimum Gasteiger partial charge on any atom is -0.302 e. The van der Waals surface area contributed by atoms with E-state index in [-0.39, 0.29) is 11.6 Å². The van der Waals surface area contributed by atoms with E-state index in [1.807, 2.05) is 11.5 Å². The molecule has 0 aliphatic carbocycles. The van der Waals surface area contributed by atoms with Crippen molar-refractivity contribution in [2.45, 2.75) is 24.4 Å². The molecule has 0 N–H and O–H groups in total. The van der Waals surface area contributed by atoms with Gasteiger partial charge >= 0.3 is 0 Å². The summed E-state index contributed by atoms with van der Waals surface area (Å²) in [5.74, 6) is 0.369. The molecule has 2 aromatic carbocycles. The van der Waals surface area contributed by atoms with E-state index in [0.29, 0.717) is 33.9 Å². The Balaban J connectivity index is 1.86. The fourth-order valence-corrected chi connectivity index (χ4v) is 3.65. The summed E-state index contributed by atoms with van der Waals surface area (Å²) >= 11 is 7.42. The van der Waals surface area contributed by atoms with Crippen molar-refractivity contribution in [2.75, 3.05) is 0 Å². The molecule has 7 heteroatoms. The average molecular weight is 366 g/mol. The van der Waals surface area contributed by atoms with Gasteiger partial charge in [0.25, 0.3) is 0 Å². The van der Waals surface area contributed by atoms with Gasteiger partial charge in [0.05, 0.1) is 0 Å². The molecule has 0 amide bonds. The fraction of sp³-hybridized carbons (Fsp3) is 0.176. The highest BCUT2D eigenvalue weighted by atomic mass is 35.5. The van der Waals surface area contributed by atoms with Crippen LogP contribution in [-0.2, 0) is 12.3 Å². The molecule has 0 saturated carbocycles.